The Morgan fingerprint density at radius 3 is 3.11 bits per heavy atom. The van der Waals surface area contributed by atoms with Crippen LogP contribution in [-0.2, 0) is 4.74 Å². The van der Waals surface area contributed by atoms with Crippen LogP contribution in [0.4, 0.5) is 5.82 Å². The van der Waals surface area contributed by atoms with E-state index in [2.05, 4.69) is 15.7 Å². The molecule has 0 radical (unpaired) electrons. The van der Waals surface area contributed by atoms with E-state index >= 15 is 0 Å². The molecule has 0 saturated carbocycles. The summed E-state index contributed by atoms with van der Waals surface area (Å²) in [5.41, 5.74) is 2.81. The van der Waals surface area contributed by atoms with Gasteiger partial charge in [0.25, 0.3) is 5.91 Å². The van der Waals surface area contributed by atoms with Gasteiger partial charge in [0.15, 0.2) is 0 Å². The number of hydrogen-bond acceptors (Lipinski definition) is 5. The summed E-state index contributed by atoms with van der Waals surface area (Å²) >= 11 is 5.81. The quantitative estimate of drug-likeness (QED) is 0.429. The smallest absolute Gasteiger partial charge is 0.251 e. The Labute approximate surface area is 116 Å². The number of hydrazine groups is 1. The lowest BCUT2D eigenvalue weighted by Crippen LogP contribution is -2.26. The third kappa shape index (κ3) is 4.05. The van der Waals surface area contributed by atoms with E-state index < -0.39 is 0 Å². The van der Waals surface area contributed by atoms with Crippen molar-refractivity contribution in [1.82, 2.24) is 10.3 Å². The SMILES string of the molecule is NNc1cc(C(=O)NCCC2CCOC2)cc(Cl)n1. The number of hydrogen-bond donors (Lipinski definition) is 3. The van der Waals surface area contributed by atoms with Crippen molar-refractivity contribution in [2.45, 2.75) is 12.8 Å². The van der Waals surface area contributed by atoms with E-state index in [0.29, 0.717) is 23.8 Å². The molecule has 2 heterocycles. The minimum atomic E-state index is -0.181. The van der Waals surface area contributed by atoms with Crippen LogP contribution in [0.15, 0.2) is 12.1 Å². The summed E-state index contributed by atoms with van der Waals surface area (Å²) in [6.45, 7) is 2.24. The molecule has 0 spiro atoms. The third-order valence-electron chi connectivity index (χ3n) is 3.07. The van der Waals surface area contributed by atoms with E-state index in [0.717, 1.165) is 26.1 Å². The number of carbonyl (C=O) groups is 1. The van der Waals surface area contributed by atoms with Crippen molar-refractivity contribution >= 4 is 23.3 Å². The Kier molecular flexibility index (Phi) is 4.95. The maximum Gasteiger partial charge on any atom is 0.251 e. The summed E-state index contributed by atoms with van der Waals surface area (Å²) in [6.07, 6.45) is 1.99. The second-order valence-electron chi connectivity index (χ2n) is 4.48. The van der Waals surface area contributed by atoms with Gasteiger partial charge in [-0.3, -0.25) is 4.79 Å². The first-order chi connectivity index (χ1) is 9.19. The molecule has 1 saturated heterocycles. The molecular weight excluding hydrogens is 268 g/mol. The van der Waals surface area contributed by atoms with Crippen LogP contribution >= 0.6 is 11.6 Å². The van der Waals surface area contributed by atoms with Crippen molar-refractivity contribution in [3.8, 4) is 0 Å². The predicted octanol–water partition coefficient (Wildman–Crippen LogP) is 1.18. The second-order valence-corrected chi connectivity index (χ2v) is 4.87. The van der Waals surface area contributed by atoms with Gasteiger partial charge in [-0.05, 0) is 30.9 Å². The van der Waals surface area contributed by atoms with Crippen molar-refractivity contribution in [1.29, 1.82) is 0 Å². The van der Waals surface area contributed by atoms with E-state index in [9.17, 15) is 4.79 Å². The fraction of sp³-hybridized carbons (Fsp3) is 0.500. The second kappa shape index (κ2) is 6.70. The first-order valence-corrected chi connectivity index (χ1v) is 6.57. The number of rotatable bonds is 5. The van der Waals surface area contributed by atoms with Gasteiger partial charge < -0.3 is 15.5 Å². The van der Waals surface area contributed by atoms with E-state index in [1.54, 1.807) is 6.07 Å². The van der Waals surface area contributed by atoms with Crippen molar-refractivity contribution in [3.63, 3.8) is 0 Å². The summed E-state index contributed by atoms with van der Waals surface area (Å²) in [5, 5.41) is 3.08. The van der Waals surface area contributed by atoms with E-state index in [4.69, 9.17) is 22.2 Å². The van der Waals surface area contributed by atoms with E-state index in [1.165, 1.54) is 6.07 Å². The fourth-order valence-corrected chi connectivity index (χ4v) is 2.21. The van der Waals surface area contributed by atoms with Gasteiger partial charge in [0.1, 0.15) is 11.0 Å². The highest BCUT2D eigenvalue weighted by Crippen LogP contribution is 2.16. The molecule has 4 N–H and O–H groups in total. The molecule has 0 aliphatic carbocycles. The lowest BCUT2D eigenvalue weighted by molar-refractivity contribution is 0.0950. The molecular formula is C12H17ClN4O2. The highest BCUT2D eigenvalue weighted by Gasteiger charge is 2.16. The number of nitrogens with one attached hydrogen (secondary N) is 2. The minimum Gasteiger partial charge on any atom is -0.381 e. The molecule has 1 fully saturated rings. The van der Waals surface area contributed by atoms with Gasteiger partial charge in [-0.25, -0.2) is 10.8 Å². The summed E-state index contributed by atoms with van der Waals surface area (Å²) in [5.74, 6) is 5.98. The molecule has 19 heavy (non-hydrogen) atoms. The van der Waals surface area contributed by atoms with Crippen LogP contribution in [0.2, 0.25) is 5.15 Å². The number of anilines is 1. The monoisotopic (exact) mass is 284 g/mol. The number of pyridine rings is 1. The summed E-state index contributed by atoms with van der Waals surface area (Å²) in [4.78, 5) is 15.9. The Bertz CT molecular complexity index is 449. The van der Waals surface area contributed by atoms with Crippen molar-refractivity contribution in [2.24, 2.45) is 11.8 Å². The Hall–Kier alpha value is -1.37. The summed E-state index contributed by atoms with van der Waals surface area (Å²) in [7, 11) is 0. The molecule has 1 aliphatic heterocycles. The van der Waals surface area contributed by atoms with Crippen LogP contribution in [0.1, 0.15) is 23.2 Å². The third-order valence-corrected chi connectivity index (χ3v) is 3.26. The van der Waals surface area contributed by atoms with Crippen LogP contribution in [-0.4, -0.2) is 30.6 Å². The lowest BCUT2D eigenvalue weighted by Gasteiger charge is -2.09. The number of nitrogens with zero attached hydrogens (tertiary/aromatic N) is 1. The standard InChI is InChI=1S/C12H17ClN4O2/c13-10-5-9(6-11(16-10)17-14)12(18)15-3-1-8-2-4-19-7-8/h5-6,8H,1-4,7,14H2,(H,15,18)(H,16,17). The Balaban J connectivity index is 1.86. The number of ether oxygens (including phenoxy) is 1. The molecule has 6 nitrogen and oxygen atoms in total. The zero-order valence-corrected chi connectivity index (χ0v) is 11.2. The molecule has 1 atom stereocenters. The van der Waals surface area contributed by atoms with Gasteiger partial charge in [0.05, 0.1) is 0 Å². The number of nitrogens with two attached hydrogens (primary N) is 1. The minimum absolute atomic E-state index is 0.181. The van der Waals surface area contributed by atoms with Gasteiger partial charge in [-0.15, -0.1) is 0 Å². The lowest BCUT2D eigenvalue weighted by atomic mass is 10.1. The van der Waals surface area contributed by atoms with Gasteiger partial charge in [0, 0.05) is 25.3 Å². The summed E-state index contributed by atoms with van der Waals surface area (Å²) < 4.78 is 5.28. The van der Waals surface area contributed by atoms with Crippen molar-refractivity contribution in [2.75, 3.05) is 25.2 Å². The molecule has 1 aromatic rings. The Morgan fingerprint density at radius 2 is 2.42 bits per heavy atom. The van der Waals surface area contributed by atoms with Crippen LogP contribution in [0, 0.1) is 5.92 Å². The number of halogens is 1. The van der Waals surface area contributed by atoms with E-state index in [-0.39, 0.29) is 11.1 Å². The Morgan fingerprint density at radius 1 is 1.58 bits per heavy atom. The topological polar surface area (TPSA) is 89.3 Å². The zero-order valence-electron chi connectivity index (χ0n) is 10.5. The van der Waals surface area contributed by atoms with Gasteiger partial charge in [-0.2, -0.15) is 0 Å². The fourth-order valence-electron chi connectivity index (χ4n) is 2.00. The van der Waals surface area contributed by atoms with Crippen LogP contribution in [0.3, 0.4) is 0 Å². The highest BCUT2D eigenvalue weighted by atomic mass is 35.5. The van der Waals surface area contributed by atoms with Crippen LogP contribution in [0.5, 0.6) is 0 Å². The van der Waals surface area contributed by atoms with Gasteiger partial charge in [-0.1, -0.05) is 11.6 Å². The molecule has 1 amide bonds. The molecule has 7 heteroatoms. The summed E-state index contributed by atoms with van der Waals surface area (Å²) in [6, 6.07) is 3.07. The van der Waals surface area contributed by atoms with Crippen LogP contribution < -0.4 is 16.6 Å². The number of aromatic nitrogens is 1. The number of amides is 1. The van der Waals surface area contributed by atoms with Gasteiger partial charge in [0.2, 0.25) is 0 Å². The first kappa shape index (κ1) is 14.0. The zero-order chi connectivity index (χ0) is 13.7. The predicted molar refractivity (Wildman–Crippen MR) is 72.9 cm³/mol. The van der Waals surface area contributed by atoms with E-state index in [1.807, 2.05) is 0 Å². The maximum atomic E-state index is 11.9. The molecule has 104 valence electrons. The first-order valence-electron chi connectivity index (χ1n) is 6.19. The normalized spacial score (nSPS) is 18.3. The van der Waals surface area contributed by atoms with Crippen LogP contribution in [0.25, 0.3) is 0 Å². The number of carbonyl (C=O) groups excluding carboxylic acids is 1. The van der Waals surface area contributed by atoms with Gasteiger partial charge >= 0.3 is 0 Å². The average Bonchev–Trinajstić information content (AvgIpc) is 2.91. The molecule has 2 rings (SSSR count). The molecule has 1 aromatic heterocycles. The highest BCUT2D eigenvalue weighted by molar-refractivity contribution is 6.29. The molecule has 1 aliphatic rings. The van der Waals surface area contributed by atoms with Crippen molar-refractivity contribution in [3.05, 3.63) is 22.8 Å². The molecule has 0 bridgehead atoms. The maximum absolute atomic E-state index is 11.9. The average molecular weight is 285 g/mol. The largest absolute Gasteiger partial charge is 0.381 e. The van der Waals surface area contributed by atoms with Crippen molar-refractivity contribution < 1.29 is 9.53 Å². The molecule has 1 unspecified atom stereocenters. The molecule has 0 aromatic carbocycles. The number of nitrogen functional groups attached to an aromatic ring is 1.